The standard InChI is InChI=1S/C17H22N2O/c1-14(16-8-11-20-13-16)18-17-6-4-15(5-7-17)12-19-9-2-3-10-19/h4-8,11,13-14,18H,2-3,9-10,12H2,1H3. The van der Waals surface area contributed by atoms with E-state index in [0.29, 0.717) is 0 Å². The second-order valence-electron chi connectivity index (χ2n) is 5.60. The lowest BCUT2D eigenvalue weighted by Crippen LogP contribution is -2.18. The first-order chi connectivity index (χ1) is 9.81. The molecule has 0 amide bonds. The van der Waals surface area contributed by atoms with Crippen molar-refractivity contribution in [2.45, 2.75) is 32.4 Å². The maximum Gasteiger partial charge on any atom is 0.0955 e. The fourth-order valence-electron chi connectivity index (χ4n) is 2.76. The van der Waals surface area contributed by atoms with Gasteiger partial charge in [0, 0.05) is 17.8 Å². The number of hydrogen-bond acceptors (Lipinski definition) is 3. The Bertz CT molecular complexity index is 512. The smallest absolute Gasteiger partial charge is 0.0955 e. The second-order valence-corrected chi connectivity index (χ2v) is 5.60. The summed E-state index contributed by atoms with van der Waals surface area (Å²) in [6.07, 6.45) is 6.20. The van der Waals surface area contributed by atoms with Gasteiger partial charge in [0.2, 0.25) is 0 Å². The largest absolute Gasteiger partial charge is 0.472 e. The summed E-state index contributed by atoms with van der Waals surface area (Å²) in [5, 5.41) is 3.49. The topological polar surface area (TPSA) is 28.4 Å². The summed E-state index contributed by atoms with van der Waals surface area (Å²) in [5.41, 5.74) is 3.73. The molecule has 0 aliphatic carbocycles. The van der Waals surface area contributed by atoms with E-state index < -0.39 is 0 Å². The van der Waals surface area contributed by atoms with Crippen LogP contribution in [0.3, 0.4) is 0 Å². The summed E-state index contributed by atoms with van der Waals surface area (Å²) in [6, 6.07) is 11.0. The number of nitrogens with one attached hydrogen (secondary N) is 1. The van der Waals surface area contributed by atoms with E-state index in [-0.39, 0.29) is 6.04 Å². The molecule has 0 spiro atoms. The minimum Gasteiger partial charge on any atom is -0.472 e. The van der Waals surface area contributed by atoms with Crippen LogP contribution in [0.2, 0.25) is 0 Å². The van der Waals surface area contributed by atoms with Crippen LogP contribution >= 0.6 is 0 Å². The Morgan fingerprint density at radius 1 is 1.15 bits per heavy atom. The van der Waals surface area contributed by atoms with E-state index >= 15 is 0 Å². The second kappa shape index (κ2) is 6.14. The van der Waals surface area contributed by atoms with Crippen molar-refractivity contribution >= 4 is 5.69 Å². The lowest BCUT2D eigenvalue weighted by Gasteiger charge is -2.16. The van der Waals surface area contributed by atoms with Crippen LogP contribution in [0.1, 0.15) is 36.9 Å². The van der Waals surface area contributed by atoms with Gasteiger partial charge in [0.05, 0.1) is 18.6 Å². The molecule has 1 fully saturated rings. The van der Waals surface area contributed by atoms with Crippen LogP contribution < -0.4 is 5.32 Å². The molecule has 1 aliphatic heterocycles. The van der Waals surface area contributed by atoms with Crippen molar-refractivity contribution in [1.82, 2.24) is 4.90 Å². The molecule has 1 N–H and O–H groups in total. The van der Waals surface area contributed by atoms with Gasteiger partial charge in [0.25, 0.3) is 0 Å². The third-order valence-electron chi connectivity index (χ3n) is 3.99. The average molecular weight is 270 g/mol. The zero-order valence-corrected chi connectivity index (χ0v) is 12.0. The van der Waals surface area contributed by atoms with Gasteiger partial charge in [-0.05, 0) is 56.6 Å². The van der Waals surface area contributed by atoms with Gasteiger partial charge in [0.15, 0.2) is 0 Å². The molecule has 0 saturated carbocycles. The van der Waals surface area contributed by atoms with Crippen molar-refractivity contribution in [3.63, 3.8) is 0 Å². The molecule has 1 aromatic carbocycles. The first-order valence-electron chi connectivity index (χ1n) is 7.41. The number of anilines is 1. The molecule has 0 radical (unpaired) electrons. The normalized spacial score (nSPS) is 17.2. The Labute approximate surface area is 120 Å². The number of furan rings is 1. The predicted molar refractivity (Wildman–Crippen MR) is 81.7 cm³/mol. The Balaban J connectivity index is 1.58. The third-order valence-corrected chi connectivity index (χ3v) is 3.99. The summed E-state index contributed by atoms with van der Waals surface area (Å²) in [4.78, 5) is 2.52. The summed E-state index contributed by atoms with van der Waals surface area (Å²) >= 11 is 0. The summed E-state index contributed by atoms with van der Waals surface area (Å²) in [7, 11) is 0. The Hall–Kier alpha value is -1.74. The fraction of sp³-hybridized carbons (Fsp3) is 0.412. The molecule has 1 aliphatic rings. The van der Waals surface area contributed by atoms with Crippen LogP contribution in [-0.4, -0.2) is 18.0 Å². The average Bonchev–Trinajstić information content (AvgIpc) is 3.13. The minimum atomic E-state index is 0.262. The number of rotatable bonds is 5. The van der Waals surface area contributed by atoms with E-state index in [2.05, 4.69) is 41.4 Å². The maximum atomic E-state index is 5.12. The lowest BCUT2D eigenvalue weighted by molar-refractivity contribution is 0.331. The number of likely N-dealkylation sites (tertiary alicyclic amines) is 1. The van der Waals surface area contributed by atoms with Gasteiger partial charge in [-0.25, -0.2) is 0 Å². The monoisotopic (exact) mass is 270 g/mol. The molecule has 20 heavy (non-hydrogen) atoms. The summed E-state index contributed by atoms with van der Waals surface area (Å²) < 4.78 is 5.12. The van der Waals surface area contributed by atoms with Crippen molar-refractivity contribution < 1.29 is 4.42 Å². The van der Waals surface area contributed by atoms with E-state index in [1.54, 1.807) is 12.5 Å². The number of nitrogens with zero attached hydrogens (tertiary/aromatic N) is 1. The van der Waals surface area contributed by atoms with Gasteiger partial charge in [-0.2, -0.15) is 0 Å². The molecule has 1 aromatic heterocycles. The predicted octanol–water partition coefficient (Wildman–Crippen LogP) is 4.05. The Morgan fingerprint density at radius 3 is 2.55 bits per heavy atom. The molecule has 2 aromatic rings. The lowest BCUT2D eigenvalue weighted by atomic mass is 10.1. The van der Waals surface area contributed by atoms with Crippen LogP contribution in [0, 0.1) is 0 Å². The highest BCUT2D eigenvalue weighted by molar-refractivity contribution is 5.46. The molecular formula is C17H22N2O. The van der Waals surface area contributed by atoms with Crippen LogP contribution in [0.15, 0.2) is 47.3 Å². The van der Waals surface area contributed by atoms with E-state index in [9.17, 15) is 0 Å². The first-order valence-corrected chi connectivity index (χ1v) is 7.41. The highest BCUT2D eigenvalue weighted by atomic mass is 16.3. The molecule has 3 heteroatoms. The first kappa shape index (κ1) is 13.3. The zero-order valence-electron chi connectivity index (χ0n) is 12.0. The van der Waals surface area contributed by atoms with Crippen LogP contribution in [0.4, 0.5) is 5.69 Å². The summed E-state index contributed by atoms with van der Waals surface area (Å²) in [5.74, 6) is 0. The van der Waals surface area contributed by atoms with Crippen molar-refractivity contribution in [1.29, 1.82) is 0 Å². The maximum absolute atomic E-state index is 5.12. The number of hydrogen-bond donors (Lipinski definition) is 1. The van der Waals surface area contributed by atoms with E-state index in [1.165, 1.54) is 37.1 Å². The van der Waals surface area contributed by atoms with Gasteiger partial charge >= 0.3 is 0 Å². The number of benzene rings is 1. The van der Waals surface area contributed by atoms with Crippen molar-refractivity contribution in [2.75, 3.05) is 18.4 Å². The van der Waals surface area contributed by atoms with Crippen LogP contribution in [0.5, 0.6) is 0 Å². The highest BCUT2D eigenvalue weighted by Crippen LogP contribution is 2.20. The van der Waals surface area contributed by atoms with Crippen LogP contribution in [0.25, 0.3) is 0 Å². The molecule has 2 heterocycles. The van der Waals surface area contributed by atoms with Gasteiger partial charge in [-0.15, -0.1) is 0 Å². The van der Waals surface area contributed by atoms with E-state index in [1.807, 2.05) is 6.07 Å². The van der Waals surface area contributed by atoms with E-state index in [0.717, 1.165) is 12.2 Å². The van der Waals surface area contributed by atoms with Crippen molar-refractivity contribution in [2.24, 2.45) is 0 Å². The van der Waals surface area contributed by atoms with Gasteiger partial charge in [-0.3, -0.25) is 4.90 Å². The molecule has 106 valence electrons. The molecule has 3 nitrogen and oxygen atoms in total. The quantitative estimate of drug-likeness (QED) is 0.888. The minimum absolute atomic E-state index is 0.262. The van der Waals surface area contributed by atoms with Crippen LogP contribution in [-0.2, 0) is 6.54 Å². The summed E-state index contributed by atoms with van der Waals surface area (Å²) in [6.45, 7) is 5.72. The van der Waals surface area contributed by atoms with Crippen molar-refractivity contribution in [3.8, 4) is 0 Å². The van der Waals surface area contributed by atoms with Gasteiger partial charge < -0.3 is 9.73 Å². The Morgan fingerprint density at radius 2 is 1.90 bits per heavy atom. The molecular weight excluding hydrogens is 248 g/mol. The molecule has 1 saturated heterocycles. The van der Waals surface area contributed by atoms with E-state index in [4.69, 9.17) is 4.42 Å². The van der Waals surface area contributed by atoms with Crippen molar-refractivity contribution in [3.05, 3.63) is 54.0 Å². The third kappa shape index (κ3) is 3.23. The molecule has 3 rings (SSSR count). The zero-order chi connectivity index (χ0) is 13.8. The molecule has 1 unspecified atom stereocenters. The SMILES string of the molecule is CC(Nc1ccc(CN2CCCC2)cc1)c1ccoc1. The fourth-order valence-corrected chi connectivity index (χ4v) is 2.76. The van der Waals surface area contributed by atoms with Gasteiger partial charge in [-0.1, -0.05) is 12.1 Å². The highest BCUT2D eigenvalue weighted by Gasteiger charge is 2.11. The molecule has 0 bridgehead atoms. The molecule has 1 atom stereocenters. The van der Waals surface area contributed by atoms with Gasteiger partial charge in [0.1, 0.15) is 0 Å². The Kier molecular flexibility index (Phi) is 4.07.